The van der Waals surface area contributed by atoms with Gasteiger partial charge in [-0.3, -0.25) is 44.1 Å². The van der Waals surface area contributed by atoms with Gasteiger partial charge in [-0.1, -0.05) is 176 Å². The summed E-state index contributed by atoms with van der Waals surface area (Å²) in [7, 11) is 4.11. The molecule has 0 saturated heterocycles. The molecule has 13 aromatic rings. The van der Waals surface area contributed by atoms with Gasteiger partial charge in [0, 0.05) is 150 Å². The van der Waals surface area contributed by atoms with Crippen molar-refractivity contribution in [1.82, 2.24) is 54.0 Å². The monoisotopic (exact) mass is 1590 g/mol. The van der Waals surface area contributed by atoms with Crippen molar-refractivity contribution in [3.05, 3.63) is 415 Å². The van der Waals surface area contributed by atoms with Crippen molar-refractivity contribution in [2.75, 3.05) is 0 Å². The molecule has 0 radical (unpaired) electrons. The van der Waals surface area contributed by atoms with Crippen molar-refractivity contribution in [3.8, 4) is 5.75 Å². The first-order valence-electron chi connectivity index (χ1n) is 41.3. The fourth-order valence-corrected chi connectivity index (χ4v) is 17.2. The molecule has 4 aliphatic carbocycles. The number of fused-ring (bicyclic) bond motifs is 1. The minimum absolute atomic E-state index is 0.104. The smallest absolute Gasteiger partial charge is 0.325 e. The zero-order valence-electron chi connectivity index (χ0n) is 68.6. The second kappa shape index (κ2) is 37.8. The van der Waals surface area contributed by atoms with Crippen molar-refractivity contribution in [2.24, 2.45) is 14.1 Å². The molecule has 17 rings (SSSR count). The molecule has 20 heteroatoms. The number of aromatic nitrogens is 11. The average Bonchev–Trinajstić information content (AvgIpc) is 1.72. The predicted octanol–water partition coefficient (Wildman–Crippen LogP) is 17.0. The van der Waals surface area contributed by atoms with E-state index in [1.54, 1.807) is 0 Å². The Morgan fingerprint density at radius 3 is 1.13 bits per heavy atom. The first-order chi connectivity index (χ1) is 57.6. The van der Waals surface area contributed by atoms with Gasteiger partial charge in [0.2, 0.25) is 0 Å². The van der Waals surface area contributed by atoms with E-state index < -0.39 is 22.8 Å². The molecule has 0 aliphatic heterocycles. The number of aromatic amines is 8. The van der Waals surface area contributed by atoms with Crippen LogP contribution >= 0.6 is 0 Å². The van der Waals surface area contributed by atoms with Crippen molar-refractivity contribution < 1.29 is 4.74 Å². The van der Waals surface area contributed by atoms with Crippen LogP contribution in [0.4, 0.5) is 0 Å². The van der Waals surface area contributed by atoms with E-state index in [9.17, 15) is 38.4 Å². The summed E-state index contributed by atoms with van der Waals surface area (Å²) in [6.45, 7) is 10.3. The first-order valence-corrected chi connectivity index (χ1v) is 41.3. The highest BCUT2D eigenvalue weighted by Gasteiger charge is 2.29. The molecule has 608 valence electrons. The van der Waals surface area contributed by atoms with Gasteiger partial charge in [-0.05, 0) is 214 Å². The standard InChI is InChI=1S/C27H30N2O3.C26H25N3O2.C23H25N3O2.C23H23N3O2/c1-17(2)32-24-15-18(3)9-14-22(24)20-10-12-21(13-11-20)25-23(26(30)29-27(31)28-25)16-19-7-5-4-6-8-19;1-29-14-13-19-9-12-21(16-23(19)29)18-7-10-20(11-8-18)24-22(25(30)28-26(31)27-24)15-17-5-3-2-4-6-17;1-15-13-26(2)14-20(15)17-8-10-18(11-9-17)21-19(22(27)25-23(28)24-21)12-16-6-4-3-5-7-16;1-15-7-8-19(14-24-15)17-9-11-18(12-10-17)21-20(22(27)26-23(28)25-21)13-16-5-3-2-4-6-16/h4-10,14-15,17,21H,11-13,16H2,1-3H3,(H2,28,29,30,31);2-7,9,12-14,16,20H,8,10-11,15H2,1H3,(H2,27,28,30,31);3-8,13-14,18H,9-12H2,1-2H3,(H2,24,25,27,28);2-9,14,18H,10-13H2,1H3,(H2,25,26,27,28). The molecule has 7 aromatic heterocycles. The maximum Gasteiger partial charge on any atom is 0.325 e. The lowest BCUT2D eigenvalue weighted by Gasteiger charge is -2.25. The minimum atomic E-state index is -0.442. The number of rotatable bonds is 18. The molecule has 7 heterocycles. The maximum absolute atomic E-state index is 12.7. The van der Waals surface area contributed by atoms with E-state index in [1.807, 2.05) is 161 Å². The van der Waals surface area contributed by atoms with Gasteiger partial charge in [0.05, 0.1) is 6.10 Å². The molecule has 4 aliphatic rings. The molecule has 0 saturated carbocycles. The van der Waals surface area contributed by atoms with Gasteiger partial charge < -0.3 is 33.8 Å². The lowest BCUT2D eigenvalue weighted by atomic mass is 9.82. The Labute approximate surface area is 689 Å². The molecule has 8 N–H and O–H groups in total. The minimum Gasteiger partial charge on any atom is -0.490 e. The van der Waals surface area contributed by atoms with Gasteiger partial charge in [0.1, 0.15) is 5.75 Å². The van der Waals surface area contributed by atoms with Crippen molar-refractivity contribution in [3.63, 3.8) is 0 Å². The normalized spacial score (nSPS) is 16.5. The largest absolute Gasteiger partial charge is 0.490 e. The van der Waals surface area contributed by atoms with Gasteiger partial charge in [-0.15, -0.1) is 0 Å². The average molecular weight is 1590 g/mol. The van der Waals surface area contributed by atoms with E-state index in [0.717, 1.165) is 145 Å². The SMILES string of the molecule is Cc1ccc(C2=CCC(c3[nH]c(=O)[nH]c(=O)c3Cc3ccccc3)CC2)c(OC(C)C)c1.Cc1ccc(C2=CCC(c3[nH]c(=O)[nH]c(=O)c3Cc3ccccc3)CC2)cn1.Cc1cn(C)cc1C1=CCC(c2[nH]c(=O)[nH]c(=O)c2Cc2ccccc2)CC1.Cn1ccc2ccc(C3=CCC(c4[nH]c(=O)[nH]c(=O)c4Cc4ccccc4)CC3)cc21. The van der Waals surface area contributed by atoms with Crippen molar-refractivity contribution in [1.29, 1.82) is 0 Å². The van der Waals surface area contributed by atoms with E-state index in [4.69, 9.17) is 4.74 Å². The number of aryl methyl sites for hydroxylation is 5. The molecule has 4 atom stereocenters. The molecule has 20 nitrogen and oxygen atoms in total. The Morgan fingerprint density at radius 1 is 0.403 bits per heavy atom. The topological polar surface area (TPSA) is 295 Å². The highest BCUT2D eigenvalue weighted by Crippen LogP contribution is 2.42. The third-order valence-corrected chi connectivity index (χ3v) is 23.4. The molecular formula is C99H103N11O9. The van der Waals surface area contributed by atoms with E-state index in [2.05, 4.69) is 166 Å². The van der Waals surface area contributed by atoms with Crippen LogP contribution in [0.15, 0.2) is 263 Å². The first kappa shape index (κ1) is 82.3. The van der Waals surface area contributed by atoms with Crippen LogP contribution in [0.2, 0.25) is 0 Å². The van der Waals surface area contributed by atoms with Gasteiger partial charge in [-0.25, -0.2) is 19.2 Å². The third-order valence-electron chi connectivity index (χ3n) is 23.4. The Hall–Kier alpha value is -13.2. The Kier molecular flexibility index (Phi) is 26.1. The highest BCUT2D eigenvalue weighted by molar-refractivity contribution is 5.85. The fraction of sp³-hybridized carbons (Fsp3) is 0.283. The van der Waals surface area contributed by atoms with Crippen LogP contribution in [0.3, 0.4) is 0 Å². The lowest BCUT2D eigenvalue weighted by Crippen LogP contribution is -2.30. The molecule has 6 aromatic carbocycles. The van der Waals surface area contributed by atoms with Gasteiger partial charge in [-0.2, -0.15) is 0 Å². The number of ether oxygens (including phenoxy) is 1. The molecule has 0 spiro atoms. The Balaban J connectivity index is 0.000000130. The molecule has 0 fully saturated rings. The number of hydrogen-bond donors (Lipinski definition) is 8. The predicted molar refractivity (Wildman–Crippen MR) is 475 cm³/mol. The van der Waals surface area contributed by atoms with Crippen LogP contribution in [0.25, 0.3) is 33.2 Å². The number of benzene rings is 6. The van der Waals surface area contributed by atoms with Crippen molar-refractivity contribution >= 4 is 33.2 Å². The molecule has 4 unspecified atom stereocenters. The third kappa shape index (κ3) is 20.6. The van der Waals surface area contributed by atoms with Crippen LogP contribution in [0.5, 0.6) is 5.75 Å². The van der Waals surface area contributed by atoms with Crippen LogP contribution in [-0.4, -0.2) is 60.1 Å². The Bertz CT molecular complexity index is 6420. The van der Waals surface area contributed by atoms with Gasteiger partial charge in [0.15, 0.2) is 0 Å². The maximum atomic E-state index is 12.7. The van der Waals surface area contributed by atoms with E-state index >= 15 is 0 Å². The highest BCUT2D eigenvalue weighted by atomic mass is 16.5. The zero-order chi connectivity index (χ0) is 83.2. The summed E-state index contributed by atoms with van der Waals surface area (Å²) in [6.07, 6.45) is 29.8. The summed E-state index contributed by atoms with van der Waals surface area (Å²) in [5, 5.41) is 1.24. The number of nitrogens with zero attached hydrogens (tertiary/aromatic N) is 3. The van der Waals surface area contributed by atoms with Crippen LogP contribution in [-0.2, 0) is 39.8 Å². The van der Waals surface area contributed by atoms with E-state index in [-0.39, 0.29) is 52.0 Å². The summed E-state index contributed by atoms with van der Waals surface area (Å²) in [5.74, 6) is 1.44. The molecule has 119 heavy (non-hydrogen) atoms. The number of hydrogen-bond acceptors (Lipinski definition) is 10. The summed E-state index contributed by atoms with van der Waals surface area (Å²) < 4.78 is 10.3. The summed E-state index contributed by atoms with van der Waals surface area (Å²) in [6, 6.07) is 58.7. The number of allylic oxidation sites excluding steroid dienone is 8. The van der Waals surface area contributed by atoms with Gasteiger partial charge >= 0.3 is 22.8 Å². The fourth-order valence-electron chi connectivity index (χ4n) is 17.2. The van der Waals surface area contributed by atoms with Crippen LogP contribution in [0, 0.1) is 20.8 Å². The quantitative estimate of drug-likeness (QED) is 0.0402. The summed E-state index contributed by atoms with van der Waals surface area (Å²) in [5.41, 5.74) is 21.8. The molecule has 0 amide bonds. The van der Waals surface area contributed by atoms with E-state index in [1.165, 1.54) is 55.4 Å². The number of pyridine rings is 1. The van der Waals surface area contributed by atoms with Crippen molar-refractivity contribution in [2.45, 2.75) is 167 Å². The van der Waals surface area contributed by atoms with Crippen LogP contribution in [0.1, 0.15) is 221 Å². The van der Waals surface area contributed by atoms with Crippen LogP contribution < -0.4 is 49.7 Å². The number of H-pyrrole nitrogens is 8. The summed E-state index contributed by atoms with van der Waals surface area (Å²) in [4.78, 5) is 124. The molecule has 0 bridgehead atoms. The van der Waals surface area contributed by atoms with Gasteiger partial charge in [0.25, 0.3) is 22.2 Å². The second-order valence-electron chi connectivity index (χ2n) is 32.2. The number of nitrogens with one attached hydrogen (secondary N) is 8. The second-order valence-corrected chi connectivity index (χ2v) is 32.2. The summed E-state index contributed by atoms with van der Waals surface area (Å²) >= 11 is 0. The van der Waals surface area contributed by atoms with E-state index in [0.29, 0.717) is 47.9 Å². The Morgan fingerprint density at radius 2 is 0.782 bits per heavy atom. The zero-order valence-corrected chi connectivity index (χ0v) is 68.6. The molecular weight excluding hydrogens is 1490 g/mol. The lowest BCUT2D eigenvalue weighted by molar-refractivity contribution is 0.241.